The Labute approximate surface area is 209 Å². The number of para-hydroxylation sites is 1. The van der Waals surface area contributed by atoms with Crippen LogP contribution >= 0.6 is 24.8 Å². The molecule has 0 bridgehead atoms. The molecule has 11 heteroatoms. The Bertz CT molecular complexity index is 1190. The van der Waals surface area contributed by atoms with E-state index >= 15 is 0 Å². The van der Waals surface area contributed by atoms with E-state index in [-0.39, 0.29) is 11.2 Å². The first kappa shape index (κ1) is 26.8. The third-order valence-corrected chi connectivity index (χ3v) is 5.52. The second-order valence-corrected chi connectivity index (χ2v) is 8.89. The molecule has 3 aromatic carbocycles. The summed E-state index contributed by atoms with van der Waals surface area (Å²) in [7, 11) is 3.88. The number of hydrogen-bond acceptors (Lipinski definition) is 3. The number of halogens is 6. The molecule has 0 fully saturated rings. The normalized spacial score (nSPS) is 12.1. The second-order valence-electron chi connectivity index (χ2n) is 8.00. The molecule has 0 atom stereocenters. The number of anilines is 2. The molecule has 186 valence electrons. The van der Waals surface area contributed by atoms with Crippen LogP contribution in [0.3, 0.4) is 0 Å². The van der Waals surface area contributed by atoms with Crippen molar-refractivity contribution in [2.75, 3.05) is 24.7 Å². The van der Waals surface area contributed by atoms with Crippen LogP contribution in [0.25, 0.3) is 11.1 Å². The number of hydrogen-bond donors (Lipinski definition) is 3. The summed E-state index contributed by atoms with van der Waals surface area (Å²) in [6, 6.07) is 14.0. The first-order chi connectivity index (χ1) is 16.2. The Morgan fingerprint density at radius 3 is 2.00 bits per heavy atom. The lowest BCUT2D eigenvalue weighted by atomic mass is 10.0. The molecule has 0 aromatic heterocycles. The number of thiocarbonyl (C=S) groups is 1. The molecule has 0 radical (unpaired) electrons. The van der Waals surface area contributed by atoms with Crippen molar-refractivity contribution in [1.29, 1.82) is 0 Å². The summed E-state index contributed by atoms with van der Waals surface area (Å²) in [6.07, 6.45) is -9.91. The maximum atomic E-state index is 13.1. The monoisotopic (exact) mass is 529 g/mol. The van der Waals surface area contributed by atoms with Gasteiger partial charge in [0.05, 0.1) is 11.1 Å². The van der Waals surface area contributed by atoms with Gasteiger partial charge >= 0.3 is 12.4 Å². The maximum Gasteiger partial charge on any atom is 0.416 e. The predicted molar refractivity (Wildman–Crippen MR) is 133 cm³/mol. The van der Waals surface area contributed by atoms with Crippen molar-refractivity contribution in [3.05, 3.63) is 77.4 Å². The van der Waals surface area contributed by atoms with Crippen molar-refractivity contribution in [2.45, 2.75) is 23.8 Å². The Balaban J connectivity index is 1.87. The second kappa shape index (κ2) is 10.5. The van der Waals surface area contributed by atoms with Crippen molar-refractivity contribution in [2.24, 2.45) is 0 Å². The lowest BCUT2D eigenvalue weighted by Gasteiger charge is -2.18. The number of nitrogens with zero attached hydrogens (tertiary/aromatic N) is 1. The molecule has 3 aromatic rings. The van der Waals surface area contributed by atoms with Gasteiger partial charge in [-0.25, -0.2) is 0 Å². The summed E-state index contributed by atoms with van der Waals surface area (Å²) in [6.45, 7) is 0.698. The average Bonchev–Trinajstić information content (AvgIpc) is 2.74. The Kier molecular flexibility index (Phi) is 8.03. The molecule has 0 saturated heterocycles. The minimum atomic E-state index is -4.96. The molecular weight excluding hydrogens is 508 g/mol. The van der Waals surface area contributed by atoms with E-state index in [1.165, 1.54) is 0 Å². The molecule has 0 heterocycles. The highest BCUT2D eigenvalue weighted by Crippen LogP contribution is 2.38. The van der Waals surface area contributed by atoms with Crippen LogP contribution in [-0.4, -0.2) is 24.1 Å². The van der Waals surface area contributed by atoms with Crippen molar-refractivity contribution in [1.82, 2.24) is 4.90 Å². The Morgan fingerprint density at radius 2 is 1.46 bits per heavy atom. The fraction of sp³-hybridized carbons (Fsp3) is 0.208. The van der Waals surface area contributed by atoms with Crippen molar-refractivity contribution >= 4 is 41.3 Å². The third kappa shape index (κ3) is 7.12. The van der Waals surface area contributed by atoms with Gasteiger partial charge < -0.3 is 15.5 Å². The molecule has 0 aliphatic heterocycles. The SMILES string of the molecule is CN(C)Cc1ccc(-c2ccccc2NC(=S)Nc2cc(C(F)(F)F)cc(C(F)(F)F)c2)cc1S. The van der Waals surface area contributed by atoms with Gasteiger partial charge in [-0.15, -0.1) is 12.6 Å². The number of alkyl halides is 6. The number of benzene rings is 3. The van der Waals surface area contributed by atoms with Crippen LogP contribution in [0.2, 0.25) is 0 Å². The fourth-order valence-corrected chi connectivity index (χ4v) is 3.87. The van der Waals surface area contributed by atoms with E-state index in [4.69, 9.17) is 12.2 Å². The summed E-state index contributed by atoms with van der Waals surface area (Å²) in [5.41, 5.74) is -0.233. The van der Waals surface area contributed by atoms with Gasteiger partial charge in [0.15, 0.2) is 5.11 Å². The van der Waals surface area contributed by atoms with Gasteiger partial charge in [-0.05, 0) is 67.8 Å². The van der Waals surface area contributed by atoms with Gasteiger partial charge in [0.1, 0.15) is 0 Å². The lowest BCUT2D eigenvalue weighted by Crippen LogP contribution is -2.21. The standard InChI is InChI=1S/C24H21F6N3S2/c1-33(2)13-15-8-7-14(9-21(15)34)19-5-3-4-6-20(19)32-22(35)31-18-11-16(23(25,26)27)10-17(12-18)24(28,29)30/h3-12,34H,13H2,1-2H3,(H2,31,32,35). The lowest BCUT2D eigenvalue weighted by molar-refractivity contribution is -0.143. The average molecular weight is 530 g/mol. The molecule has 0 aliphatic rings. The van der Waals surface area contributed by atoms with Crippen LogP contribution in [-0.2, 0) is 18.9 Å². The molecule has 0 spiro atoms. The predicted octanol–water partition coefficient (Wildman–Crippen LogP) is 7.55. The van der Waals surface area contributed by atoms with Crippen LogP contribution in [0.5, 0.6) is 0 Å². The largest absolute Gasteiger partial charge is 0.416 e. The molecule has 0 aliphatic carbocycles. The maximum absolute atomic E-state index is 13.1. The Morgan fingerprint density at radius 1 is 0.857 bits per heavy atom. The summed E-state index contributed by atoms with van der Waals surface area (Å²) in [4.78, 5) is 2.78. The van der Waals surface area contributed by atoms with E-state index in [9.17, 15) is 26.3 Å². The molecule has 3 nitrogen and oxygen atoms in total. The third-order valence-electron chi connectivity index (χ3n) is 4.90. The zero-order valence-corrected chi connectivity index (χ0v) is 20.3. The summed E-state index contributed by atoms with van der Waals surface area (Å²) >= 11 is 9.75. The van der Waals surface area contributed by atoms with Gasteiger partial charge in [0, 0.05) is 28.4 Å². The molecule has 0 unspecified atom stereocenters. The first-order valence-electron chi connectivity index (χ1n) is 10.2. The quantitative estimate of drug-likeness (QED) is 0.181. The van der Waals surface area contributed by atoms with E-state index in [0.29, 0.717) is 24.4 Å². The van der Waals surface area contributed by atoms with E-state index in [1.54, 1.807) is 18.2 Å². The van der Waals surface area contributed by atoms with Crippen molar-refractivity contribution < 1.29 is 26.3 Å². The molecule has 3 rings (SSSR count). The van der Waals surface area contributed by atoms with E-state index < -0.39 is 29.2 Å². The topological polar surface area (TPSA) is 27.3 Å². The highest BCUT2D eigenvalue weighted by molar-refractivity contribution is 7.80. The van der Waals surface area contributed by atoms with Crippen LogP contribution in [0.4, 0.5) is 37.7 Å². The van der Waals surface area contributed by atoms with Gasteiger partial charge in [-0.3, -0.25) is 0 Å². The molecule has 2 N–H and O–H groups in total. The van der Waals surface area contributed by atoms with Crippen LogP contribution < -0.4 is 10.6 Å². The molecular formula is C24H21F6N3S2. The summed E-state index contributed by atoms with van der Waals surface area (Å²) < 4.78 is 78.8. The van der Waals surface area contributed by atoms with Gasteiger partial charge in [-0.1, -0.05) is 30.3 Å². The summed E-state index contributed by atoms with van der Waals surface area (Å²) in [5, 5.41) is 5.13. The van der Waals surface area contributed by atoms with Crippen LogP contribution in [0.1, 0.15) is 16.7 Å². The molecule has 35 heavy (non-hydrogen) atoms. The van der Waals surface area contributed by atoms with Gasteiger partial charge in [0.25, 0.3) is 0 Å². The fourth-order valence-electron chi connectivity index (χ4n) is 3.36. The number of thiol groups is 1. The highest BCUT2D eigenvalue weighted by Gasteiger charge is 2.37. The van der Waals surface area contributed by atoms with Crippen LogP contribution in [0.15, 0.2) is 65.6 Å². The number of nitrogens with one attached hydrogen (secondary N) is 2. The zero-order valence-electron chi connectivity index (χ0n) is 18.6. The number of rotatable bonds is 5. The zero-order chi connectivity index (χ0) is 26.0. The summed E-state index contributed by atoms with van der Waals surface area (Å²) in [5.74, 6) is 0. The smallest absolute Gasteiger partial charge is 0.332 e. The molecule has 0 amide bonds. The van der Waals surface area contributed by atoms with Crippen molar-refractivity contribution in [3.63, 3.8) is 0 Å². The van der Waals surface area contributed by atoms with Crippen molar-refractivity contribution in [3.8, 4) is 11.1 Å². The van der Waals surface area contributed by atoms with E-state index in [2.05, 4.69) is 23.3 Å². The van der Waals surface area contributed by atoms with E-state index in [1.807, 2.05) is 43.3 Å². The Hall–Kier alpha value is -2.76. The minimum Gasteiger partial charge on any atom is -0.332 e. The minimum absolute atomic E-state index is 0.0615. The molecule has 0 saturated carbocycles. The van der Waals surface area contributed by atoms with Crippen LogP contribution in [0, 0.1) is 0 Å². The van der Waals surface area contributed by atoms with E-state index in [0.717, 1.165) is 21.6 Å². The van der Waals surface area contributed by atoms with Gasteiger partial charge in [0.2, 0.25) is 0 Å². The first-order valence-corrected chi connectivity index (χ1v) is 11.0. The van der Waals surface area contributed by atoms with Gasteiger partial charge in [-0.2, -0.15) is 26.3 Å². The highest BCUT2D eigenvalue weighted by atomic mass is 32.1.